The molecule has 0 aliphatic carbocycles. The molecule has 0 bridgehead atoms. The van der Waals surface area contributed by atoms with Crippen LogP contribution in [0.4, 0.5) is 0 Å². The van der Waals surface area contributed by atoms with Crippen LogP contribution in [0.3, 0.4) is 0 Å². The summed E-state index contributed by atoms with van der Waals surface area (Å²) in [4.78, 5) is 34.1. The van der Waals surface area contributed by atoms with Crippen LogP contribution in [-0.4, -0.2) is 42.7 Å². The lowest BCUT2D eigenvalue weighted by atomic mass is 10.1. The predicted molar refractivity (Wildman–Crippen MR) is 92.3 cm³/mol. The summed E-state index contributed by atoms with van der Waals surface area (Å²) in [7, 11) is 1.61. The summed E-state index contributed by atoms with van der Waals surface area (Å²) < 4.78 is 11.9. The number of ether oxygens (including phenoxy) is 2. The van der Waals surface area contributed by atoms with E-state index in [1.54, 1.807) is 13.2 Å². The maximum Gasteiger partial charge on any atom is 0.349 e. The Labute approximate surface area is 151 Å². The third-order valence-electron chi connectivity index (χ3n) is 3.48. The number of hydrogen-bond donors (Lipinski definition) is 2. The molecule has 26 heavy (non-hydrogen) atoms. The largest absolute Gasteiger partial charge is 0.451 e. The Morgan fingerprint density at radius 1 is 1.31 bits per heavy atom. The second-order valence-electron chi connectivity index (χ2n) is 5.45. The zero-order chi connectivity index (χ0) is 19.7. The molecule has 0 radical (unpaired) electrons. The molecule has 9 heteroatoms. The highest BCUT2D eigenvalue weighted by atomic mass is 16.5. The van der Waals surface area contributed by atoms with Crippen molar-refractivity contribution >= 4 is 23.9 Å². The molecule has 2 N–H and O–H groups in total. The lowest BCUT2D eigenvalue weighted by Crippen LogP contribution is -2.42. The summed E-state index contributed by atoms with van der Waals surface area (Å²) >= 11 is 0. The smallest absolute Gasteiger partial charge is 0.349 e. The molecule has 0 spiro atoms. The van der Waals surface area contributed by atoms with E-state index in [4.69, 9.17) is 9.47 Å². The molecule has 140 valence electrons. The standard InChI is InChI=1S/C17H22N4O5/c1-11-7-14(12(2)21(11)5-6-25-4)8-15(9-18)17(24)26-10-16(23)20-19-13(3)22/h7-8H,5-6,10H2,1-4H3,(H,19,22)(H,20,23)/b15-8+. The Hall–Kier alpha value is -3.12. The normalized spacial score (nSPS) is 10.8. The van der Waals surface area contributed by atoms with Gasteiger partial charge in [-0.3, -0.25) is 20.4 Å². The molecule has 0 aromatic carbocycles. The van der Waals surface area contributed by atoms with E-state index in [0.717, 1.165) is 11.4 Å². The molecule has 9 nitrogen and oxygen atoms in total. The van der Waals surface area contributed by atoms with E-state index in [9.17, 15) is 19.6 Å². The first kappa shape index (κ1) is 20.9. The summed E-state index contributed by atoms with van der Waals surface area (Å²) in [5.74, 6) is -2.11. The molecule has 0 atom stereocenters. The number of carbonyl (C=O) groups is 3. The molecule has 2 amide bonds. The number of hydrogen-bond acceptors (Lipinski definition) is 6. The highest BCUT2D eigenvalue weighted by molar-refractivity contribution is 5.99. The molecular weight excluding hydrogens is 340 g/mol. The van der Waals surface area contributed by atoms with E-state index in [2.05, 4.69) is 10.9 Å². The van der Waals surface area contributed by atoms with Gasteiger partial charge in [-0.2, -0.15) is 5.26 Å². The molecule has 1 heterocycles. The van der Waals surface area contributed by atoms with Crippen molar-refractivity contribution < 1.29 is 23.9 Å². The second kappa shape index (κ2) is 10.0. The molecule has 0 saturated carbocycles. The van der Waals surface area contributed by atoms with Crippen molar-refractivity contribution in [1.29, 1.82) is 5.26 Å². The van der Waals surface area contributed by atoms with E-state index in [1.165, 1.54) is 13.0 Å². The molecule has 0 unspecified atom stereocenters. The van der Waals surface area contributed by atoms with Gasteiger partial charge < -0.3 is 14.0 Å². The van der Waals surface area contributed by atoms with Crippen molar-refractivity contribution in [2.24, 2.45) is 0 Å². The van der Waals surface area contributed by atoms with Gasteiger partial charge in [-0.15, -0.1) is 0 Å². The van der Waals surface area contributed by atoms with E-state index in [0.29, 0.717) is 18.7 Å². The van der Waals surface area contributed by atoms with Crippen LogP contribution in [0.25, 0.3) is 6.08 Å². The monoisotopic (exact) mass is 362 g/mol. The molecule has 1 aromatic heterocycles. The van der Waals surface area contributed by atoms with Crippen LogP contribution < -0.4 is 10.9 Å². The quantitative estimate of drug-likeness (QED) is 0.313. The van der Waals surface area contributed by atoms with Crippen LogP contribution in [0, 0.1) is 25.2 Å². The van der Waals surface area contributed by atoms with E-state index >= 15 is 0 Å². The van der Waals surface area contributed by atoms with Gasteiger partial charge in [0.05, 0.1) is 6.61 Å². The Morgan fingerprint density at radius 2 is 2.00 bits per heavy atom. The zero-order valence-corrected chi connectivity index (χ0v) is 15.2. The number of aryl methyl sites for hydroxylation is 1. The maximum atomic E-state index is 12.0. The van der Waals surface area contributed by atoms with Crippen LogP contribution in [0.5, 0.6) is 0 Å². The van der Waals surface area contributed by atoms with Crippen LogP contribution in [-0.2, 0) is 30.4 Å². The fourth-order valence-corrected chi connectivity index (χ4v) is 2.20. The minimum atomic E-state index is -0.924. The van der Waals surface area contributed by atoms with Gasteiger partial charge in [0, 0.05) is 32.0 Å². The number of methoxy groups -OCH3 is 1. The fraction of sp³-hybridized carbons (Fsp3) is 0.412. The van der Waals surface area contributed by atoms with Crippen LogP contribution >= 0.6 is 0 Å². The minimum Gasteiger partial charge on any atom is -0.451 e. The van der Waals surface area contributed by atoms with Crippen LogP contribution in [0.15, 0.2) is 11.6 Å². The number of aromatic nitrogens is 1. The third kappa shape index (κ3) is 6.07. The average molecular weight is 362 g/mol. The van der Waals surface area contributed by atoms with Crippen molar-refractivity contribution in [3.63, 3.8) is 0 Å². The number of nitrogens with one attached hydrogen (secondary N) is 2. The first-order valence-electron chi connectivity index (χ1n) is 7.80. The van der Waals surface area contributed by atoms with Gasteiger partial charge >= 0.3 is 5.97 Å². The van der Waals surface area contributed by atoms with Crippen molar-refractivity contribution in [3.8, 4) is 6.07 Å². The lowest BCUT2D eigenvalue weighted by molar-refractivity contribution is -0.145. The summed E-state index contributed by atoms with van der Waals surface area (Å²) in [5.41, 5.74) is 6.43. The van der Waals surface area contributed by atoms with Crippen LogP contribution in [0.2, 0.25) is 0 Å². The zero-order valence-electron chi connectivity index (χ0n) is 15.2. The summed E-state index contributed by atoms with van der Waals surface area (Å²) in [5, 5.41) is 9.20. The number of nitrogens with zero attached hydrogens (tertiary/aromatic N) is 2. The third-order valence-corrected chi connectivity index (χ3v) is 3.48. The first-order valence-corrected chi connectivity index (χ1v) is 7.80. The summed E-state index contributed by atoms with van der Waals surface area (Å²) in [6, 6.07) is 3.62. The minimum absolute atomic E-state index is 0.232. The molecule has 0 fully saturated rings. The van der Waals surface area contributed by atoms with Gasteiger partial charge in [0.1, 0.15) is 11.6 Å². The van der Waals surface area contributed by atoms with Gasteiger partial charge in [-0.25, -0.2) is 4.79 Å². The number of nitriles is 1. The number of esters is 1. The first-order chi connectivity index (χ1) is 12.3. The number of rotatable bonds is 7. The van der Waals surface area contributed by atoms with Gasteiger partial charge in [0.15, 0.2) is 6.61 Å². The fourth-order valence-electron chi connectivity index (χ4n) is 2.20. The Kier molecular flexibility index (Phi) is 8.05. The highest BCUT2D eigenvalue weighted by Gasteiger charge is 2.15. The van der Waals surface area contributed by atoms with Gasteiger partial charge in [0.2, 0.25) is 5.91 Å². The highest BCUT2D eigenvalue weighted by Crippen LogP contribution is 2.18. The van der Waals surface area contributed by atoms with Gasteiger partial charge in [-0.05, 0) is 31.6 Å². The average Bonchev–Trinajstić information content (AvgIpc) is 2.87. The topological polar surface area (TPSA) is 122 Å². The number of amides is 2. The Morgan fingerprint density at radius 3 is 2.58 bits per heavy atom. The summed E-state index contributed by atoms with van der Waals surface area (Å²) in [6.07, 6.45) is 1.42. The lowest BCUT2D eigenvalue weighted by Gasteiger charge is -2.08. The molecule has 1 rings (SSSR count). The SMILES string of the molecule is COCCn1c(C)cc(/C=C(\C#N)C(=O)OCC(=O)NNC(C)=O)c1C. The molecule has 0 aliphatic rings. The van der Waals surface area contributed by atoms with Crippen molar-refractivity contribution in [1.82, 2.24) is 15.4 Å². The van der Waals surface area contributed by atoms with Crippen molar-refractivity contribution in [3.05, 3.63) is 28.6 Å². The van der Waals surface area contributed by atoms with Gasteiger partial charge in [0.25, 0.3) is 5.91 Å². The van der Waals surface area contributed by atoms with Crippen molar-refractivity contribution in [2.45, 2.75) is 27.3 Å². The summed E-state index contributed by atoms with van der Waals surface area (Å²) in [6.45, 7) is 5.57. The van der Waals surface area contributed by atoms with Crippen LogP contribution in [0.1, 0.15) is 23.9 Å². The molecule has 0 saturated heterocycles. The Bertz CT molecular complexity index is 758. The maximum absolute atomic E-state index is 12.0. The molecular formula is C17H22N4O5. The Balaban J connectivity index is 2.81. The number of hydrazine groups is 1. The van der Waals surface area contributed by atoms with Crippen molar-refractivity contribution in [2.75, 3.05) is 20.3 Å². The van der Waals surface area contributed by atoms with E-state index in [1.807, 2.05) is 24.5 Å². The van der Waals surface area contributed by atoms with E-state index < -0.39 is 24.4 Å². The van der Waals surface area contributed by atoms with E-state index in [-0.39, 0.29) is 5.57 Å². The van der Waals surface area contributed by atoms with Gasteiger partial charge in [-0.1, -0.05) is 0 Å². The predicted octanol–water partition coefficient (Wildman–Crippen LogP) is 0.369. The molecule has 0 aliphatic heterocycles. The molecule has 1 aromatic rings. The second-order valence-corrected chi connectivity index (χ2v) is 5.45. The number of carbonyl (C=O) groups excluding carboxylic acids is 3.